The van der Waals surface area contributed by atoms with Crippen LogP contribution in [0.25, 0.3) is 0 Å². The summed E-state index contributed by atoms with van der Waals surface area (Å²) in [6, 6.07) is 11.0. The van der Waals surface area contributed by atoms with E-state index in [-0.39, 0.29) is 66.7 Å². The number of amides is 1. The van der Waals surface area contributed by atoms with E-state index in [4.69, 9.17) is 4.74 Å². The van der Waals surface area contributed by atoms with Crippen LogP contribution in [0.2, 0.25) is 0 Å². The van der Waals surface area contributed by atoms with Crippen LogP contribution in [0.5, 0.6) is 0 Å². The average molecular weight is 470 g/mol. The Morgan fingerprint density at radius 1 is 0.939 bits per heavy atom. The Morgan fingerprint density at radius 2 is 1.52 bits per heavy atom. The molecule has 0 bridgehead atoms. The molecule has 2 aromatic rings. The standard InChI is InChI=1S/C24H23NO7S/c1-2-32-21(26)14-33(30,31)16-9-11-25(12-10-16)24(29)15-7-8-19-20(13-15)23(28)18-6-4-3-5-17(18)22(19)27/h3-8,13,16H,2,9-12,14H2,1H3. The van der Waals surface area contributed by atoms with E-state index < -0.39 is 26.8 Å². The first-order valence-electron chi connectivity index (χ1n) is 10.7. The van der Waals surface area contributed by atoms with Gasteiger partial charge in [0.05, 0.1) is 11.9 Å². The Bertz CT molecular complexity index is 1260. The molecule has 2 aromatic carbocycles. The minimum atomic E-state index is -3.67. The minimum Gasteiger partial charge on any atom is -0.465 e. The topological polar surface area (TPSA) is 115 Å². The fraction of sp³-hybridized carbons (Fsp3) is 0.333. The van der Waals surface area contributed by atoms with Crippen LogP contribution >= 0.6 is 0 Å². The first kappa shape index (κ1) is 22.8. The summed E-state index contributed by atoms with van der Waals surface area (Å²) < 4.78 is 29.7. The van der Waals surface area contributed by atoms with E-state index in [1.165, 1.54) is 23.1 Å². The summed E-state index contributed by atoms with van der Waals surface area (Å²) >= 11 is 0. The number of likely N-dealkylation sites (tertiary alicyclic amines) is 1. The van der Waals surface area contributed by atoms with E-state index >= 15 is 0 Å². The van der Waals surface area contributed by atoms with Gasteiger partial charge in [-0.1, -0.05) is 24.3 Å². The number of rotatable bonds is 5. The molecular weight excluding hydrogens is 446 g/mol. The molecule has 0 N–H and O–H groups in total. The number of esters is 1. The maximum atomic E-state index is 13.0. The smallest absolute Gasteiger partial charge is 0.321 e. The highest BCUT2D eigenvalue weighted by molar-refractivity contribution is 7.92. The van der Waals surface area contributed by atoms with Gasteiger partial charge in [-0.05, 0) is 38.0 Å². The summed E-state index contributed by atoms with van der Waals surface area (Å²) in [5.74, 6) is -2.34. The number of carbonyl (C=O) groups excluding carboxylic acids is 4. The molecule has 8 nitrogen and oxygen atoms in total. The number of piperidine rings is 1. The van der Waals surface area contributed by atoms with Crippen molar-refractivity contribution < 1.29 is 32.3 Å². The summed E-state index contributed by atoms with van der Waals surface area (Å²) in [4.78, 5) is 51.8. The summed E-state index contributed by atoms with van der Waals surface area (Å²) in [5.41, 5.74) is 1.38. The van der Waals surface area contributed by atoms with Crippen LogP contribution in [-0.4, -0.2) is 67.5 Å². The van der Waals surface area contributed by atoms with Crippen molar-refractivity contribution in [1.82, 2.24) is 4.90 Å². The Morgan fingerprint density at radius 3 is 2.12 bits per heavy atom. The summed E-state index contributed by atoms with van der Waals surface area (Å²) in [5, 5.41) is -0.717. The monoisotopic (exact) mass is 469 g/mol. The van der Waals surface area contributed by atoms with Crippen molar-refractivity contribution >= 4 is 33.3 Å². The third kappa shape index (κ3) is 4.32. The van der Waals surface area contributed by atoms with Crippen molar-refractivity contribution in [2.75, 3.05) is 25.4 Å². The maximum absolute atomic E-state index is 13.0. The van der Waals surface area contributed by atoms with E-state index in [0.29, 0.717) is 11.1 Å². The first-order valence-corrected chi connectivity index (χ1v) is 12.4. The third-order valence-electron chi connectivity index (χ3n) is 6.03. The molecule has 172 valence electrons. The van der Waals surface area contributed by atoms with Gasteiger partial charge in [-0.2, -0.15) is 0 Å². The van der Waals surface area contributed by atoms with Crippen molar-refractivity contribution in [2.24, 2.45) is 0 Å². The Balaban J connectivity index is 1.48. The van der Waals surface area contributed by atoms with Gasteiger partial charge in [0.15, 0.2) is 21.4 Å². The number of carbonyl (C=O) groups is 4. The molecule has 4 rings (SSSR count). The molecule has 0 atom stereocenters. The average Bonchev–Trinajstić information content (AvgIpc) is 2.81. The second-order valence-corrected chi connectivity index (χ2v) is 10.3. The van der Waals surface area contributed by atoms with Gasteiger partial charge in [-0.25, -0.2) is 8.42 Å². The van der Waals surface area contributed by atoms with Crippen molar-refractivity contribution in [3.63, 3.8) is 0 Å². The van der Waals surface area contributed by atoms with Crippen LogP contribution in [0, 0.1) is 0 Å². The van der Waals surface area contributed by atoms with E-state index in [1.54, 1.807) is 31.2 Å². The molecule has 1 amide bonds. The fourth-order valence-corrected chi connectivity index (χ4v) is 5.89. The number of hydrogen-bond acceptors (Lipinski definition) is 7. The first-order chi connectivity index (χ1) is 15.7. The van der Waals surface area contributed by atoms with Gasteiger partial charge >= 0.3 is 5.97 Å². The number of ether oxygens (including phenoxy) is 1. The van der Waals surface area contributed by atoms with Crippen LogP contribution < -0.4 is 0 Å². The zero-order valence-corrected chi connectivity index (χ0v) is 18.9. The Kier molecular flexibility index (Phi) is 6.16. The quantitative estimate of drug-likeness (QED) is 0.525. The summed E-state index contributed by atoms with van der Waals surface area (Å²) in [6.45, 7) is 2.13. The lowest BCUT2D eigenvalue weighted by Crippen LogP contribution is -2.43. The molecule has 9 heteroatoms. The molecule has 0 radical (unpaired) electrons. The maximum Gasteiger partial charge on any atom is 0.321 e. The Hall–Kier alpha value is -3.33. The zero-order valence-electron chi connectivity index (χ0n) is 18.1. The van der Waals surface area contributed by atoms with Crippen molar-refractivity contribution in [3.05, 3.63) is 70.3 Å². The molecule has 0 saturated carbocycles. The normalized spacial score (nSPS) is 16.2. The fourth-order valence-electron chi connectivity index (χ4n) is 4.32. The van der Waals surface area contributed by atoms with Gasteiger partial charge < -0.3 is 9.64 Å². The van der Waals surface area contributed by atoms with E-state index in [2.05, 4.69) is 0 Å². The number of ketones is 2. The number of nitrogens with zero attached hydrogens (tertiary/aromatic N) is 1. The molecule has 1 fully saturated rings. The third-order valence-corrected chi connectivity index (χ3v) is 8.16. The molecule has 2 aliphatic rings. The molecule has 1 heterocycles. The SMILES string of the molecule is CCOC(=O)CS(=O)(=O)C1CCN(C(=O)c2ccc3c(c2)C(=O)c2ccccc2C3=O)CC1. The van der Waals surface area contributed by atoms with Gasteiger partial charge in [0.1, 0.15) is 5.75 Å². The molecule has 0 spiro atoms. The number of benzene rings is 2. The lowest BCUT2D eigenvalue weighted by atomic mass is 9.83. The minimum absolute atomic E-state index is 0.113. The van der Waals surface area contributed by atoms with E-state index in [9.17, 15) is 27.6 Å². The van der Waals surface area contributed by atoms with Crippen LogP contribution in [0.15, 0.2) is 42.5 Å². The largest absolute Gasteiger partial charge is 0.465 e. The molecule has 1 saturated heterocycles. The summed E-state index contributed by atoms with van der Waals surface area (Å²) in [6.07, 6.45) is 0.423. The highest BCUT2D eigenvalue weighted by atomic mass is 32.2. The highest BCUT2D eigenvalue weighted by Crippen LogP contribution is 2.29. The van der Waals surface area contributed by atoms with Crippen molar-refractivity contribution in [3.8, 4) is 0 Å². The second-order valence-electron chi connectivity index (χ2n) is 8.07. The summed E-state index contributed by atoms with van der Waals surface area (Å²) in [7, 11) is -3.67. The molecule has 0 aromatic heterocycles. The van der Waals surface area contributed by atoms with Crippen LogP contribution in [0.3, 0.4) is 0 Å². The van der Waals surface area contributed by atoms with Crippen LogP contribution in [-0.2, 0) is 19.4 Å². The van der Waals surface area contributed by atoms with E-state index in [1.807, 2.05) is 0 Å². The lowest BCUT2D eigenvalue weighted by Gasteiger charge is -2.32. The van der Waals surface area contributed by atoms with Crippen LogP contribution in [0.1, 0.15) is 62.0 Å². The van der Waals surface area contributed by atoms with Gasteiger partial charge in [-0.3, -0.25) is 19.2 Å². The molecule has 0 unspecified atom stereocenters. The number of hydrogen-bond donors (Lipinski definition) is 0. The van der Waals surface area contributed by atoms with Crippen molar-refractivity contribution in [2.45, 2.75) is 25.0 Å². The molecule has 33 heavy (non-hydrogen) atoms. The molecule has 1 aliphatic heterocycles. The van der Waals surface area contributed by atoms with Gasteiger partial charge in [0.2, 0.25) is 0 Å². The lowest BCUT2D eigenvalue weighted by molar-refractivity contribution is -0.139. The highest BCUT2D eigenvalue weighted by Gasteiger charge is 2.35. The zero-order chi connectivity index (χ0) is 23.8. The number of fused-ring (bicyclic) bond motifs is 2. The van der Waals surface area contributed by atoms with Gasteiger partial charge in [0.25, 0.3) is 5.91 Å². The predicted molar refractivity (Wildman–Crippen MR) is 119 cm³/mol. The van der Waals surface area contributed by atoms with Crippen LogP contribution in [0.4, 0.5) is 0 Å². The second kappa shape index (κ2) is 8.90. The van der Waals surface area contributed by atoms with Gasteiger partial charge in [-0.15, -0.1) is 0 Å². The predicted octanol–water partition coefficient (Wildman–Crippen LogP) is 2.04. The van der Waals surface area contributed by atoms with Crippen molar-refractivity contribution in [1.29, 1.82) is 0 Å². The van der Waals surface area contributed by atoms with E-state index in [0.717, 1.165) is 0 Å². The van der Waals surface area contributed by atoms with Gasteiger partial charge in [0, 0.05) is 40.9 Å². The molecule has 1 aliphatic carbocycles. The Labute approximate surface area is 191 Å². The number of sulfone groups is 1. The molecular formula is C24H23NO7S.